The van der Waals surface area contributed by atoms with E-state index in [9.17, 15) is 10.1 Å². The fourth-order valence-electron chi connectivity index (χ4n) is 1.15. The van der Waals surface area contributed by atoms with Crippen LogP contribution in [0.4, 0.5) is 5.69 Å². The molecule has 0 aliphatic carbocycles. The molecule has 0 unspecified atom stereocenters. The summed E-state index contributed by atoms with van der Waals surface area (Å²) < 4.78 is 0. The summed E-state index contributed by atoms with van der Waals surface area (Å²) in [5.41, 5.74) is 1.25. The minimum Gasteiger partial charge on any atom is -0.258 e. The van der Waals surface area contributed by atoms with Gasteiger partial charge in [0.1, 0.15) is 10.8 Å². The van der Waals surface area contributed by atoms with Gasteiger partial charge in [-0.1, -0.05) is 18.2 Å². The molecule has 14 heavy (non-hydrogen) atoms. The third-order valence-electron chi connectivity index (χ3n) is 1.74. The van der Waals surface area contributed by atoms with Gasteiger partial charge in [0, 0.05) is 5.56 Å². The molecule has 1 rings (SSSR count). The number of rotatable bonds is 2. The van der Waals surface area contributed by atoms with Crippen LogP contribution in [-0.2, 0) is 0 Å². The number of halogens is 1. The number of pyridine rings is 1. The van der Waals surface area contributed by atoms with Crippen molar-refractivity contribution >= 4 is 22.9 Å². The Balaban J connectivity index is 3.52. The van der Waals surface area contributed by atoms with E-state index in [2.05, 4.69) is 11.6 Å². The van der Waals surface area contributed by atoms with Crippen molar-refractivity contribution in [3.05, 3.63) is 39.2 Å². The van der Waals surface area contributed by atoms with Crippen LogP contribution >= 0.6 is 11.6 Å². The van der Waals surface area contributed by atoms with Crippen molar-refractivity contribution in [2.75, 3.05) is 0 Å². The maximum absolute atomic E-state index is 10.7. The van der Waals surface area contributed by atoms with Gasteiger partial charge in [0.25, 0.3) is 5.69 Å². The first kappa shape index (κ1) is 10.7. The highest BCUT2D eigenvalue weighted by Gasteiger charge is 2.20. The molecule has 1 aromatic heterocycles. The number of hydrogen-bond donors (Lipinski definition) is 0. The van der Waals surface area contributed by atoms with E-state index in [-0.39, 0.29) is 16.5 Å². The Bertz CT molecular complexity index is 416. The van der Waals surface area contributed by atoms with Gasteiger partial charge in [-0.15, -0.1) is 0 Å². The topological polar surface area (TPSA) is 56.0 Å². The molecule has 74 valence electrons. The lowest BCUT2D eigenvalue weighted by Crippen LogP contribution is -1.99. The second kappa shape index (κ2) is 3.75. The van der Waals surface area contributed by atoms with Crippen LogP contribution in [0.3, 0.4) is 0 Å². The molecule has 0 radical (unpaired) electrons. The minimum absolute atomic E-state index is 0.0260. The van der Waals surface area contributed by atoms with E-state index in [0.29, 0.717) is 11.1 Å². The standard InChI is InChI=1S/C9H9ClN2O2/c1-5(2)8-9(12(13)14)6(3)4-7(10)11-8/h4H,1H2,2-3H3. The monoisotopic (exact) mass is 212 g/mol. The third-order valence-corrected chi connectivity index (χ3v) is 1.93. The molecule has 0 spiro atoms. The Morgan fingerprint density at radius 3 is 2.71 bits per heavy atom. The quantitative estimate of drug-likeness (QED) is 0.430. The van der Waals surface area contributed by atoms with Crippen molar-refractivity contribution in [3.8, 4) is 0 Å². The highest BCUT2D eigenvalue weighted by atomic mass is 35.5. The van der Waals surface area contributed by atoms with Gasteiger partial charge >= 0.3 is 0 Å². The molecule has 0 amide bonds. The van der Waals surface area contributed by atoms with Crippen molar-refractivity contribution in [3.63, 3.8) is 0 Å². The maximum atomic E-state index is 10.7. The third kappa shape index (κ3) is 1.90. The summed E-state index contributed by atoms with van der Waals surface area (Å²) in [5.74, 6) is 0. The largest absolute Gasteiger partial charge is 0.298 e. The van der Waals surface area contributed by atoms with Crippen molar-refractivity contribution in [1.29, 1.82) is 0 Å². The van der Waals surface area contributed by atoms with Gasteiger partial charge in [-0.25, -0.2) is 4.98 Å². The maximum Gasteiger partial charge on any atom is 0.298 e. The van der Waals surface area contributed by atoms with Crippen LogP contribution in [0.15, 0.2) is 12.6 Å². The fraction of sp³-hybridized carbons (Fsp3) is 0.222. The zero-order valence-corrected chi connectivity index (χ0v) is 8.63. The number of aryl methyl sites for hydroxylation is 1. The van der Waals surface area contributed by atoms with Gasteiger partial charge in [-0.3, -0.25) is 10.1 Å². The normalized spacial score (nSPS) is 9.93. The lowest BCUT2D eigenvalue weighted by molar-refractivity contribution is -0.386. The van der Waals surface area contributed by atoms with E-state index in [1.807, 2.05) is 0 Å². The summed E-state index contributed by atoms with van der Waals surface area (Å²) >= 11 is 5.70. The number of allylic oxidation sites excluding steroid dienone is 1. The Kier molecular flexibility index (Phi) is 2.86. The molecular formula is C9H9ClN2O2. The molecule has 0 aliphatic rings. The molecule has 1 heterocycles. The minimum atomic E-state index is -0.470. The second-order valence-electron chi connectivity index (χ2n) is 3.00. The van der Waals surface area contributed by atoms with Crippen molar-refractivity contribution < 1.29 is 4.92 Å². The average Bonchev–Trinajstić information content (AvgIpc) is 2.01. The molecule has 0 aliphatic heterocycles. The average molecular weight is 213 g/mol. The van der Waals surface area contributed by atoms with E-state index in [4.69, 9.17) is 11.6 Å². The van der Waals surface area contributed by atoms with Gasteiger partial charge in [-0.05, 0) is 25.5 Å². The van der Waals surface area contributed by atoms with E-state index < -0.39 is 4.92 Å². The zero-order valence-electron chi connectivity index (χ0n) is 7.87. The van der Waals surface area contributed by atoms with Gasteiger partial charge in [0.15, 0.2) is 0 Å². The summed E-state index contributed by atoms with van der Waals surface area (Å²) in [4.78, 5) is 14.1. The lowest BCUT2D eigenvalue weighted by atomic mass is 10.1. The number of aromatic nitrogens is 1. The molecule has 0 fully saturated rings. The van der Waals surface area contributed by atoms with E-state index >= 15 is 0 Å². The van der Waals surface area contributed by atoms with Crippen molar-refractivity contribution in [2.45, 2.75) is 13.8 Å². The molecular weight excluding hydrogens is 204 g/mol. The molecule has 0 bridgehead atoms. The molecule has 0 saturated heterocycles. The first-order chi connectivity index (χ1) is 6.43. The Morgan fingerprint density at radius 1 is 1.71 bits per heavy atom. The summed E-state index contributed by atoms with van der Waals surface area (Å²) in [6.45, 7) is 6.91. The molecule has 0 saturated carbocycles. The van der Waals surface area contributed by atoms with Crippen LogP contribution in [0.5, 0.6) is 0 Å². The van der Waals surface area contributed by atoms with Gasteiger partial charge < -0.3 is 0 Å². The van der Waals surface area contributed by atoms with Gasteiger partial charge in [-0.2, -0.15) is 0 Å². The van der Waals surface area contributed by atoms with Crippen molar-refractivity contribution in [1.82, 2.24) is 4.98 Å². The van der Waals surface area contributed by atoms with E-state index in [0.717, 1.165) is 0 Å². The van der Waals surface area contributed by atoms with Crippen LogP contribution in [-0.4, -0.2) is 9.91 Å². The van der Waals surface area contributed by atoms with Crippen LogP contribution in [0.1, 0.15) is 18.2 Å². The highest BCUT2D eigenvalue weighted by molar-refractivity contribution is 6.29. The summed E-state index contributed by atoms with van der Waals surface area (Å²) in [5, 5.41) is 11.0. The van der Waals surface area contributed by atoms with Crippen LogP contribution in [0.2, 0.25) is 5.15 Å². The summed E-state index contributed by atoms with van der Waals surface area (Å²) in [7, 11) is 0. The van der Waals surface area contributed by atoms with Crippen LogP contribution in [0, 0.1) is 17.0 Å². The Labute approximate surface area is 86.4 Å². The molecule has 4 nitrogen and oxygen atoms in total. The second-order valence-corrected chi connectivity index (χ2v) is 3.38. The van der Waals surface area contributed by atoms with Gasteiger partial charge in [0.2, 0.25) is 0 Å². The van der Waals surface area contributed by atoms with E-state index in [1.54, 1.807) is 13.8 Å². The number of nitrogens with zero attached hydrogens (tertiary/aromatic N) is 2. The number of hydrogen-bond acceptors (Lipinski definition) is 3. The van der Waals surface area contributed by atoms with Gasteiger partial charge in [0.05, 0.1) is 4.92 Å². The first-order valence-electron chi connectivity index (χ1n) is 3.91. The number of nitro groups is 1. The molecule has 0 atom stereocenters. The fourth-order valence-corrected chi connectivity index (χ4v) is 1.40. The summed E-state index contributed by atoms with van der Waals surface area (Å²) in [6, 6.07) is 1.46. The molecule has 0 aromatic carbocycles. The Morgan fingerprint density at radius 2 is 2.29 bits per heavy atom. The molecule has 5 heteroatoms. The predicted molar refractivity (Wildman–Crippen MR) is 55.3 cm³/mol. The predicted octanol–water partition coefficient (Wildman–Crippen LogP) is 2.98. The Hall–Kier alpha value is -1.42. The highest BCUT2D eigenvalue weighted by Crippen LogP contribution is 2.28. The lowest BCUT2D eigenvalue weighted by Gasteiger charge is -2.04. The SMILES string of the molecule is C=C(C)c1nc(Cl)cc(C)c1[N+](=O)[O-]. The smallest absolute Gasteiger partial charge is 0.258 e. The van der Waals surface area contributed by atoms with Crippen LogP contribution < -0.4 is 0 Å². The van der Waals surface area contributed by atoms with Crippen molar-refractivity contribution in [2.24, 2.45) is 0 Å². The zero-order chi connectivity index (χ0) is 10.9. The molecule has 0 N–H and O–H groups in total. The van der Waals surface area contributed by atoms with E-state index in [1.165, 1.54) is 6.07 Å². The molecule has 1 aromatic rings. The summed E-state index contributed by atoms with van der Waals surface area (Å²) in [6.07, 6.45) is 0. The first-order valence-corrected chi connectivity index (χ1v) is 4.28. The van der Waals surface area contributed by atoms with Crippen LogP contribution in [0.25, 0.3) is 5.57 Å².